The van der Waals surface area contributed by atoms with Crippen molar-refractivity contribution in [2.75, 3.05) is 6.54 Å². The molecule has 1 rings (SSSR count). The number of rotatable bonds is 7. The van der Waals surface area contributed by atoms with Gasteiger partial charge in [-0.1, -0.05) is 20.3 Å². The molecule has 0 bridgehead atoms. The minimum Gasteiger partial charge on any atom is -0.480 e. The van der Waals surface area contributed by atoms with Crippen LogP contribution in [0.15, 0.2) is 0 Å². The Bertz CT molecular complexity index is 391. The molecular formula is C12H19NO6. The standard InChI is InChI=1S/C12H19NO6/c1-3-8-5-6-11(8,7-13(18)19)12(4-2,9(14)15)10(16)17/h8H,3-7H2,1-2H3,(H,14,15)(H,16,17). The molecule has 0 spiro atoms. The second kappa shape index (κ2) is 5.14. The summed E-state index contributed by atoms with van der Waals surface area (Å²) in [5.74, 6) is -3.17. The molecule has 1 fully saturated rings. The molecular weight excluding hydrogens is 254 g/mol. The fourth-order valence-electron chi connectivity index (χ4n) is 3.60. The number of carboxylic acids is 2. The first-order valence-corrected chi connectivity index (χ1v) is 6.37. The molecule has 0 aromatic carbocycles. The number of hydrogen-bond donors (Lipinski definition) is 2. The average molecular weight is 273 g/mol. The van der Waals surface area contributed by atoms with Crippen LogP contribution in [0.1, 0.15) is 39.5 Å². The summed E-state index contributed by atoms with van der Waals surface area (Å²) in [5, 5.41) is 29.7. The van der Waals surface area contributed by atoms with E-state index in [1.54, 1.807) is 0 Å². The van der Waals surface area contributed by atoms with E-state index in [9.17, 15) is 29.9 Å². The minimum absolute atomic E-state index is 0.151. The van der Waals surface area contributed by atoms with Crippen LogP contribution in [0.25, 0.3) is 0 Å². The molecule has 1 saturated carbocycles. The van der Waals surface area contributed by atoms with E-state index in [4.69, 9.17) is 0 Å². The van der Waals surface area contributed by atoms with Crippen LogP contribution < -0.4 is 0 Å². The molecule has 1 aliphatic carbocycles. The van der Waals surface area contributed by atoms with Crippen LogP contribution in [0, 0.1) is 26.9 Å². The molecule has 7 heteroatoms. The third-order valence-electron chi connectivity index (χ3n) is 4.73. The molecule has 0 aliphatic heterocycles. The molecule has 19 heavy (non-hydrogen) atoms. The van der Waals surface area contributed by atoms with Crippen LogP contribution in [0.4, 0.5) is 0 Å². The number of carbonyl (C=O) groups is 2. The highest BCUT2D eigenvalue weighted by atomic mass is 16.6. The highest BCUT2D eigenvalue weighted by molar-refractivity contribution is 5.99. The normalized spacial score (nSPS) is 26.5. The summed E-state index contributed by atoms with van der Waals surface area (Å²) < 4.78 is 0. The van der Waals surface area contributed by atoms with Gasteiger partial charge >= 0.3 is 11.9 Å². The fraction of sp³-hybridized carbons (Fsp3) is 0.833. The minimum atomic E-state index is -2.07. The molecule has 0 amide bonds. The van der Waals surface area contributed by atoms with Crippen molar-refractivity contribution in [3.8, 4) is 0 Å². The zero-order chi connectivity index (χ0) is 14.8. The number of carboxylic acid groups (broad SMARTS) is 2. The van der Waals surface area contributed by atoms with E-state index in [-0.39, 0.29) is 18.8 Å². The lowest BCUT2D eigenvalue weighted by Crippen LogP contribution is -2.63. The van der Waals surface area contributed by atoms with Gasteiger partial charge in [-0.25, -0.2) is 0 Å². The van der Waals surface area contributed by atoms with Gasteiger partial charge < -0.3 is 10.2 Å². The van der Waals surface area contributed by atoms with Gasteiger partial charge in [0.15, 0.2) is 5.41 Å². The zero-order valence-electron chi connectivity index (χ0n) is 11.1. The lowest BCUT2D eigenvalue weighted by Gasteiger charge is -2.54. The van der Waals surface area contributed by atoms with Gasteiger partial charge in [0.05, 0.1) is 5.41 Å². The van der Waals surface area contributed by atoms with E-state index in [1.165, 1.54) is 6.92 Å². The van der Waals surface area contributed by atoms with E-state index in [0.29, 0.717) is 12.8 Å². The van der Waals surface area contributed by atoms with Gasteiger partial charge in [-0.05, 0) is 25.2 Å². The third kappa shape index (κ3) is 1.97. The van der Waals surface area contributed by atoms with E-state index in [2.05, 4.69) is 0 Å². The Morgan fingerprint density at radius 3 is 2.11 bits per heavy atom. The summed E-state index contributed by atoms with van der Waals surface area (Å²) >= 11 is 0. The molecule has 7 nitrogen and oxygen atoms in total. The number of nitro groups is 1. The van der Waals surface area contributed by atoms with Gasteiger partial charge in [0.25, 0.3) is 0 Å². The first-order valence-electron chi connectivity index (χ1n) is 6.37. The Morgan fingerprint density at radius 1 is 1.37 bits per heavy atom. The highest BCUT2D eigenvalue weighted by Gasteiger charge is 2.69. The van der Waals surface area contributed by atoms with Gasteiger partial charge in [0.2, 0.25) is 6.54 Å². The molecule has 0 aromatic rings. The number of aliphatic carboxylic acids is 2. The summed E-state index contributed by atoms with van der Waals surface area (Å²) in [7, 11) is 0. The molecule has 0 heterocycles. The van der Waals surface area contributed by atoms with Crippen LogP contribution in [-0.2, 0) is 9.59 Å². The Hall–Kier alpha value is -1.66. The maximum atomic E-state index is 11.6. The van der Waals surface area contributed by atoms with E-state index in [0.717, 1.165) is 0 Å². The Kier molecular flexibility index (Phi) is 4.17. The molecule has 2 atom stereocenters. The lowest BCUT2D eigenvalue weighted by atomic mass is 9.46. The molecule has 108 valence electrons. The summed E-state index contributed by atoms with van der Waals surface area (Å²) in [4.78, 5) is 33.5. The van der Waals surface area contributed by atoms with Crippen LogP contribution in [0.3, 0.4) is 0 Å². The van der Waals surface area contributed by atoms with Gasteiger partial charge in [-0.3, -0.25) is 19.7 Å². The van der Waals surface area contributed by atoms with Crippen LogP contribution in [0.2, 0.25) is 0 Å². The van der Waals surface area contributed by atoms with Crippen LogP contribution >= 0.6 is 0 Å². The van der Waals surface area contributed by atoms with Crippen molar-refractivity contribution in [3.05, 3.63) is 10.1 Å². The topological polar surface area (TPSA) is 118 Å². The largest absolute Gasteiger partial charge is 0.480 e. The Labute approximate surface area is 110 Å². The fourth-order valence-corrected chi connectivity index (χ4v) is 3.60. The van der Waals surface area contributed by atoms with Gasteiger partial charge in [-0.2, -0.15) is 0 Å². The van der Waals surface area contributed by atoms with Crippen molar-refractivity contribution in [2.45, 2.75) is 39.5 Å². The molecule has 2 N–H and O–H groups in total. The summed E-state index contributed by atoms with van der Waals surface area (Å²) in [5.41, 5.74) is -3.35. The highest BCUT2D eigenvalue weighted by Crippen LogP contribution is 2.60. The SMILES string of the molecule is CCC1CCC1(C[N+](=O)[O-])C(CC)(C(=O)O)C(=O)O. The van der Waals surface area contributed by atoms with E-state index >= 15 is 0 Å². The van der Waals surface area contributed by atoms with Crippen molar-refractivity contribution in [1.29, 1.82) is 0 Å². The van der Waals surface area contributed by atoms with Gasteiger partial charge in [0.1, 0.15) is 0 Å². The summed E-state index contributed by atoms with van der Waals surface area (Å²) in [6, 6.07) is 0. The predicted molar refractivity (Wildman–Crippen MR) is 65.3 cm³/mol. The van der Waals surface area contributed by atoms with Crippen molar-refractivity contribution in [1.82, 2.24) is 0 Å². The lowest BCUT2D eigenvalue weighted by molar-refractivity contribution is -0.510. The molecule has 0 saturated heterocycles. The predicted octanol–water partition coefficient (Wildman–Crippen LogP) is 1.64. The maximum absolute atomic E-state index is 11.6. The average Bonchev–Trinajstić information content (AvgIpc) is 2.26. The third-order valence-corrected chi connectivity index (χ3v) is 4.73. The quantitative estimate of drug-likeness (QED) is 0.413. The van der Waals surface area contributed by atoms with Gasteiger partial charge in [0, 0.05) is 4.92 Å². The molecule has 2 unspecified atom stereocenters. The van der Waals surface area contributed by atoms with Crippen molar-refractivity contribution in [3.63, 3.8) is 0 Å². The first-order chi connectivity index (χ1) is 8.78. The summed E-state index contributed by atoms with van der Waals surface area (Å²) in [6.07, 6.45) is 1.32. The first kappa shape index (κ1) is 15.4. The van der Waals surface area contributed by atoms with Gasteiger partial charge in [-0.15, -0.1) is 0 Å². The smallest absolute Gasteiger partial charge is 0.321 e. The Morgan fingerprint density at radius 2 is 1.89 bits per heavy atom. The van der Waals surface area contributed by atoms with E-state index < -0.39 is 34.2 Å². The Balaban J connectivity index is 3.39. The maximum Gasteiger partial charge on any atom is 0.321 e. The number of nitrogens with zero attached hydrogens (tertiary/aromatic N) is 1. The molecule has 1 aliphatic rings. The van der Waals surface area contributed by atoms with E-state index in [1.807, 2.05) is 6.92 Å². The second-order valence-corrected chi connectivity index (χ2v) is 5.16. The molecule has 0 radical (unpaired) electrons. The number of hydrogen-bond acceptors (Lipinski definition) is 4. The van der Waals surface area contributed by atoms with Crippen LogP contribution in [-0.4, -0.2) is 33.6 Å². The zero-order valence-corrected chi connectivity index (χ0v) is 11.1. The van der Waals surface area contributed by atoms with Crippen molar-refractivity contribution < 1.29 is 24.7 Å². The molecule has 0 aromatic heterocycles. The van der Waals surface area contributed by atoms with Crippen molar-refractivity contribution >= 4 is 11.9 Å². The van der Waals surface area contributed by atoms with Crippen molar-refractivity contribution in [2.24, 2.45) is 16.7 Å². The summed E-state index contributed by atoms with van der Waals surface area (Å²) in [6.45, 7) is 2.68. The second-order valence-electron chi connectivity index (χ2n) is 5.16. The van der Waals surface area contributed by atoms with Crippen LogP contribution in [0.5, 0.6) is 0 Å². The monoisotopic (exact) mass is 273 g/mol.